The molecule has 0 saturated carbocycles. The lowest BCUT2D eigenvalue weighted by Gasteiger charge is -2.16. The van der Waals surface area contributed by atoms with Crippen molar-refractivity contribution in [3.8, 4) is 5.75 Å². The number of carbonyl (C=O) groups excluding carboxylic acids is 2. The maximum atomic E-state index is 12.3. The summed E-state index contributed by atoms with van der Waals surface area (Å²) in [6, 6.07) is 14.7. The number of carbonyl (C=O) groups is 2. The number of hydrogen-bond acceptors (Lipinski definition) is 3. The Morgan fingerprint density at radius 2 is 1.67 bits per heavy atom. The van der Waals surface area contributed by atoms with Gasteiger partial charge in [-0.1, -0.05) is 42.5 Å². The minimum absolute atomic E-state index is 0.349. The molecule has 0 aliphatic heterocycles. The van der Waals surface area contributed by atoms with Gasteiger partial charge in [-0.15, -0.1) is 0 Å². The fraction of sp³-hybridized carbons (Fsp3) is 0.125. The van der Waals surface area contributed by atoms with E-state index in [0.717, 1.165) is 0 Å². The molecule has 5 heteroatoms. The van der Waals surface area contributed by atoms with Crippen molar-refractivity contribution in [1.82, 2.24) is 5.32 Å². The summed E-state index contributed by atoms with van der Waals surface area (Å²) in [6.07, 6.45) is 0. The van der Waals surface area contributed by atoms with Crippen LogP contribution in [-0.4, -0.2) is 18.9 Å². The van der Waals surface area contributed by atoms with E-state index in [4.69, 9.17) is 10.5 Å². The van der Waals surface area contributed by atoms with Crippen LogP contribution >= 0.6 is 0 Å². The van der Waals surface area contributed by atoms with Crippen LogP contribution in [0.5, 0.6) is 5.75 Å². The van der Waals surface area contributed by atoms with Crippen LogP contribution in [0, 0.1) is 0 Å². The maximum Gasteiger partial charge on any atom is 0.255 e. The van der Waals surface area contributed by atoms with E-state index in [1.165, 1.54) is 7.11 Å². The summed E-state index contributed by atoms with van der Waals surface area (Å²) in [5, 5.41) is 2.63. The molecule has 21 heavy (non-hydrogen) atoms. The van der Waals surface area contributed by atoms with Crippen molar-refractivity contribution in [3.05, 3.63) is 65.7 Å². The van der Waals surface area contributed by atoms with Gasteiger partial charge in [-0.2, -0.15) is 0 Å². The minimum atomic E-state index is -0.886. The van der Waals surface area contributed by atoms with Crippen LogP contribution in [0.1, 0.15) is 22.0 Å². The van der Waals surface area contributed by atoms with Crippen molar-refractivity contribution in [2.24, 2.45) is 5.73 Å². The topological polar surface area (TPSA) is 81.4 Å². The average molecular weight is 284 g/mol. The highest BCUT2D eigenvalue weighted by atomic mass is 16.5. The Morgan fingerprint density at radius 3 is 2.29 bits per heavy atom. The molecule has 2 amide bonds. The molecule has 1 atom stereocenters. The first-order valence-corrected chi connectivity index (χ1v) is 6.41. The number of nitrogens with one attached hydrogen (secondary N) is 1. The van der Waals surface area contributed by atoms with Gasteiger partial charge in [0.1, 0.15) is 11.8 Å². The van der Waals surface area contributed by atoms with E-state index in [1.807, 2.05) is 6.07 Å². The molecular weight excluding hydrogens is 268 g/mol. The predicted molar refractivity (Wildman–Crippen MR) is 78.8 cm³/mol. The molecule has 2 aromatic carbocycles. The molecule has 3 N–H and O–H groups in total. The Bertz CT molecular complexity index is 641. The SMILES string of the molecule is COc1ccccc1C(=O)NC(C(N)=O)c1ccccc1. The van der Waals surface area contributed by atoms with Crippen LogP contribution < -0.4 is 15.8 Å². The van der Waals surface area contributed by atoms with Gasteiger partial charge in [-0.3, -0.25) is 9.59 Å². The maximum absolute atomic E-state index is 12.3. The summed E-state index contributed by atoms with van der Waals surface area (Å²) >= 11 is 0. The molecule has 0 fully saturated rings. The number of benzene rings is 2. The lowest BCUT2D eigenvalue weighted by molar-refractivity contribution is -0.120. The van der Waals surface area contributed by atoms with Gasteiger partial charge in [-0.05, 0) is 17.7 Å². The largest absolute Gasteiger partial charge is 0.496 e. The molecule has 0 aliphatic carbocycles. The van der Waals surface area contributed by atoms with Gasteiger partial charge in [-0.25, -0.2) is 0 Å². The number of ether oxygens (including phenoxy) is 1. The Hall–Kier alpha value is -2.82. The highest BCUT2D eigenvalue weighted by Crippen LogP contribution is 2.19. The van der Waals surface area contributed by atoms with E-state index in [1.54, 1.807) is 48.5 Å². The fourth-order valence-electron chi connectivity index (χ4n) is 2.01. The van der Waals surface area contributed by atoms with Crippen molar-refractivity contribution >= 4 is 11.8 Å². The molecule has 108 valence electrons. The van der Waals surface area contributed by atoms with Crippen molar-refractivity contribution < 1.29 is 14.3 Å². The van der Waals surface area contributed by atoms with Crippen LogP contribution in [0.15, 0.2) is 54.6 Å². The number of rotatable bonds is 5. The van der Waals surface area contributed by atoms with Gasteiger partial charge >= 0.3 is 0 Å². The summed E-state index contributed by atoms with van der Waals surface area (Å²) in [5.74, 6) is -0.601. The van der Waals surface area contributed by atoms with Gasteiger partial charge in [0, 0.05) is 0 Å². The molecule has 0 aromatic heterocycles. The van der Waals surface area contributed by atoms with E-state index < -0.39 is 17.9 Å². The fourth-order valence-corrected chi connectivity index (χ4v) is 2.01. The number of methoxy groups -OCH3 is 1. The van der Waals surface area contributed by atoms with Crippen molar-refractivity contribution in [2.75, 3.05) is 7.11 Å². The Morgan fingerprint density at radius 1 is 1.05 bits per heavy atom. The van der Waals surface area contributed by atoms with E-state index in [9.17, 15) is 9.59 Å². The van der Waals surface area contributed by atoms with Gasteiger partial charge in [0.15, 0.2) is 0 Å². The highest BCUT2D eigenvalue weighted by molar-refractivity contribution is 5.99. The third-order valence-electron chi connectivity index (χ3n) is 3.04. The summed E-state index contributed by atoms with van der Waals surface area (Å²) in [6.45, 7) is 0. The normalized spacial score (nSPS) is 11.5. The number of primary amides is 1. The van der Waals surface area contributed by atoms with E-state index >= 15 is 0 Å². The van der Waals surface area contributed by atoms with Gasteiger partial charge in [0.25, 0.3) is 5.91 Å². The third-order valence-corrected chi connectivity index (χ3v) is 3.04. The third kappa shape index (κ3) is 3.39. The molecule has 0 radical (unpaired) electrons. The van der Waals surface area contributed by atoms with Gasteiger partial charge in [0.05, 0.1) is 12.7 Å². The van der Waals surface area contributed by atoms with E-state index in [2.05, 4.69) is 5.32 Å². The molecule has 0 saturated heterocycles. The number of amides is 2. The summed E-state index contributed by atoms with van der Waals surface area (Å²) in [4.78, 5) is 23.9. The quantitative estimate of drug-likeness (QED) is 0.876. The first-order chi connectivity index (χ1) is 10.1. The first-order valence-electron chi connectivity index (χ1n) is 6.41. The summed E-state index contributed by atoms with van der Waals surface area (Å²) < 4.78 is 5.14. The molecule has 0 bridgehead atoms. The van der Waals surface area contributed by atoms with E-state index in [-0.39, 0.29) is 0 Å². The predicted octanol–water partition coefficient (Wildman–Crippen LogP) is 1.65. The first kappa shape index (κ1) is 14.6. The molecule has 0 aliphatic rings. The van der Waals surface area contributed by atoms with Crippen LogP contribution in [0.4, 0.5) is 0 Å². The summed E-state index contributed by atoms with van der Waals surface area (Å²) in [7, 11) is 1.48. The standard InChI is InChI=1S/C16H16N2O3/c1-21-13-10-6-5-9-12(13)16(20)18-14(15(17)19)11-7-3-2-4-8-11/h2-10,14H,1H3,(H2,17,19)(H,18,20). The van der Waals surface area contributed by atoms with Crippen molar-refractivity contribution in [2.45, 2.75) is 6.04 Å². The average Bonchev–Trinajstić information content (AvgIpc) is 2.52. The monoisotopic (exact) mass is 284 g/mol. The zero-order valence-electron chi connectivity index (χ0n) is 11.6. The van der Waals surface area contributed by atoms with Crippen LogP contribution in [0.25, 0.3) is 0 Å². The molecule has 0 heterocycles. The Kier molecular flexibility index (Phi) is 4.56. The van der Waals surface area contributed by atoms with Gasteiger partial charge in [0.2, 0.25) is 5.91 Å². The van der Waals surface area contributed by atoms with Crippen LogP contribution in [0.2, 0.25) is 0 Å². The second kappa shape index (κ2) is 6.56. The van der Waals surface area contributed by atoms with Crippen molar-refractivity contribution in [1.29, 1.82) is 0 Å². The number of hydrogen-bond donors (Lipinski definition) is 2. The smallest absolute Gasteiger partial charge is 0.255 e. The molecular formula is C16H16N2O3. The zero-order chi connectivity index (χ0) is 15.2. The second-order valence-corrected chi connectivity index (χ2v) is 4.42. The lowest BCUT2D eigenvalue weighted by Crippen LogP contribution is -2.37. The van der Waals surface area contributed by atoms with Crippen molar-refractivity contribution in [3.63, 3.8) is 0 Å². The highest BCUT2D eigenvalue weighted by Gasteiger charge is 2.22. The minimum Gasteiger partial charge on any atom is -0.496 e. The van der Waals surface area contributed by atoms with Gasteiger partial charge < -0.3 is 15.8 Å². The molecule has 1 unspecified atom stereocenters. The summed E-state index contributed by atoms with van der Waals surface area (Å²) in [5.41, 5.74) is 6.36. The van der Waals surface area contributed by atoms with Crippen LogP contribution in [0.3, 0.4) is 0 Å². The second-order valence-electron chi connectivity index (χ2n) is 4.42. The zero-order valence-corrected chi connectivity index (χ0v) is 11.6. The molecule has 5 nitrogen and oxygen atoms in total. The van der Waals surface area contributed by atoms with Crippen LogP contribution in [-0.2, 0) is 4.79 Å². The molecule has 2 rings (SSSR count). The number of para-hydroxylation sites is 1. The molecule has 0 spiro atoms. The Labute approximate surface area is 122 Å². The van der Waals surface area contributed by atoms with E-state index in [0.29, 0.717) is 16.9 Å². The number of nitrogens with two attached hydrogens (primary N) is 1. The lowest BCUT2D eigenvalue weighted by atomic mass is 10.1. The Balaban J connectivity index is 2.25. The molecule has 2 aromatic rings.